The van der Waals surface area contributed by atoms with Gasteiger partial charge in [0.25, 0.3) is 5.91 Å². The molecule has 1 aromatic carbocycles. The van der Waals surface area contributed by atoms with Crippen molar-refractivity contribution in [2.75, 3.05) is 24.7 Å². The number of thioether (sulfide) groups is 1. The Kier molecular flexibility index (Phi) is 6.51. The summed E-state index contributed by atoms with van der Waals surface area (Å²) >= 11 is 3.15. The van der Waals surface area contributed by atoms with Crippen LogP contribution in [0.3, 0.4) is 0 Å². The second-order valence-electron chi connectivity index (χ2n) is 6.47. The van der Waals surface area contributed by atoms with Gasteiger partial charge >= 0.3 is 0 Å². The van der Waals surface area contributed by atoms with Crippen molar-refractivity contribution in [3.63, 3.8) is 0 Å². The molecule has 1 aliphatic rings. The van der Waals surface area contributed by atoms with Gasteiger partial charge in [0.05, 0.1) is 5.69 Å². The Balaban J connectivity index is 1.63. The SMILES string of the molecule is CSc1ccc(C)c(C(=O)Nc2nc(CN3CCCCCC3)cs2)c1. The van der Waals surface area contributed by atoms with Crippen molar-refractivity contribution in [1.82, 2.24) is 9.88 Å². The maximum atomic E-state index is 12.6. The van der Waals surface area contributed by atoms with Gasteiger partial charge in [0.15, 0.2) is 5.13 Å². The number of hydrogen-bond acceptors (Lipinski definition) is 5. The monoisotopic (exact) mass is 375 g/mol. The van der Waals surface area contributed by atoms with E-state index in [-0.39, 0.29) is 5.91 Å². The smallest absolute Gasteiger partial charge is 0.257 e. The molecule has 0 bridgehead atoms. The molecule has 0 aliphatic carbocycles. The largest absolute Gasteiger partial charge is 0.298 e. The van der Waals surface area contributed by atoms with Crippen LogP contribution in [0.2, 0.25) is 0 Å². The van der Waals surface area contributed by atoms with Gasteiger partial charge in [-0.3, -0.25) is 15.0 Å². The van der Waals surface area contributed by atoms with Crippen LogP contribution in [0.4, 0.5) is 5.13 Å². The van der Waals surface area contributed by atoms with E-state index < -0.39 is 0 Å². The Bertz CT molecular complexity index is 721. The zero-order chi connectivity index (χ0) is 17.6. The summed E-state index contributed by atoms with van der Waals surface area (Å²) in [6.45, 7) is 5.15. The van der Waals surface area contributed by atoms with Crippen molar-refractivity contribution < 1.29 is 4.79 Å². The number of carbonyl (C=O) groups is 1. The lowest BCUT2D eigenvalue weighted by Gasteiger charge is -2.17. The van der Waals surface area contributed by atoms with E-state index in [9.17, 15) is 4.79 Å². The number of anilines is 1. The first-order chi connectivity index (χ1) is 12.2. The Morgan fingerprint density at radius 2 is 2.04 bits per heavy atom. The Hall–Kier alpha value is -1.37. The van der Waals surface area contributed by atoms with E-state index in [1.807, 2.05) is 31.4 Å². The molecule has 1 saturated heterocycles. The Morgan fingerprint density at radius 1 is 1.28 bits per heavy atom. The molecule has 1 aromatic heterocycles. The quantitative estimate of drug-likeness (QED) is 0.762. The normalized spacial score (nSPS) is 15.8. The van der Waals surface area contributed by atoms with Crippen LogP contribution in [0.5, 0.6) is 0 Å². The predicted molar refractivity (Wildman–Crippen MR) is 107 cm³/mol. The number of carbonyl (C=O) groups excluding carboxylic acids is 1. The van der Waals surface area contributed by atoms with Crippen molar-refractivity contribution in [3.05, 3.63) is 40.4 Å². The van der Waals surface area contributed by atoms with Gasteiger partial charge in [-0.2, -0.15) is 0 Å². The lowest BCUT2D eigenvalue weighted by atomic mass is 10.1. The maximum Gasteiger partial charge on any atom is 0.257 e. The number of benzene rings is 1. The molecule has 2 aromatic rings. The standard InChI is InChI=1S/C19H25N3OS2/c1-14-7-8-16(24-2)11-17(14)18(23)21-19-20-15(13-25-19)12-22-9-5-3-4-6-10-22/h7-8,11,13H,3-6,9-10,12H2,1-2H3,(H,20,21,23). The number of amides is 1. The zero-order valence-electron chi connectivity index (χ0n) is 14.9. The van der Waals surface area contributed by atoms with Gasteiger partial charge in [-0.15, -0.1) is 23.1 Å². The van der Waals surface area contributed by atoms with E-state index in [1.54, 1.807) is 11.8 Å². The molecule has 4 nitrogen and oxygen atoms in total. The predicted octanol–water partition coefficient (Wildman–Crippen LogP) is 4.80. The molecule has 0 radical (unpaired) electrons. The van der Waals surface area contributed by atoms with Crippen molar-refractivity contribution >= 4 is 34.1 Å². The van der Waals surface area contributed by atoms with Crippen LogP contribution in [0, 0.1) is 6.92 Å². The van der Waals surface area contributed by atoms with Crippen molar-refractivity contribution in [3.8, 4) is 0 Å². The first kappa shape index (κ1) is 18.4. The molecule has 3 rings (SSSR count). The maximum absolute atomic E-state index is 12.6. The number of aromatic nitrogens is 1. The summed E-state index contributed by atoms with van der Waals surface area (Å²) in [5, 5.41) is 5.71. The molecule has 134 valence electrons. The lowest BCUT2D eigenvalue weighted by molar-refractivity contribution is 0.102. The fourth-order valence-electron chi connectivity index (χ4n) is 3.10. The van der Waals surface area contributed by atoms with Gasteiger partial charge in [0, 0.05) is 22.4 Å². The third-order valence-electron chi connectivity index (χ3n) is 4.55. The van der Waals surface area contributed by atoms with E-state index in [0.717, 1.165) is 41.4 Å². The summed E-state index contributed by atoms with van der Waals surface area (Å²) < 4.78 is 0. The molecule has 0 spiro atoms. The molecule has 6 heteroatoms. The van der Waals surface area contributed by atoms with Crippen LogP contribution < -0.4 is 5.32 Å². The minimum atomic E-state index is -0.0796. The summed E-state index contributed by atoms with van der Waals surface area (Å²) in [6.07, 6.45) is 7.24. The fourth-order valence-corrected chi connectivity index (χ4v) is 4.23. The van der Waals surface area contributed by atoms with E-state index in [0.29, 0.717) is 5.13 Å². The number of nitrogens with one attached hydrogen (secondary N) is 1. The highest BCUT2D eigenvalue weighted by molar-refractivity contribution is 7.98. The van der Waals surface area contributed by atoms with Crippen LogP contribution in [0.1, 0.15) is 47.3 Å². The minimum Gasteiger partial charge on any atom is -0.298 e. The second-order valence-corrected chi connectivity index (χ2v) is 8.21. The number of rotatable bonds is 5. The highest BCUT2D eigenvalue weighted by atomic mass is 32.2. The number of nitrogens with zero attached hydrogens (tertiary/aromatic N) is 2. The molecule has 25 heavy (non-hydrogen) atoms. The Morgan fingerprint density at radius 3 is 2.76 bits per heavy atom. The van der Waals surface area contributed by atoms with Crippen molar-refractivity contribution in [1.29, 1.82) is 0 Å². The molecule has 1 fully saturated rings. The van der Waals surface area contributed by atoms with Crippen LogP contribution in [-0.4, -0.2) is 35.1 Å². The lowest BCUT2D eigenvalue weighted by Crippen LogP contribution is -2.24. The molecule has 1 amide bonds. The molecule has 1 aliphatic heterocycles. The molecular formula is C19H25N3OS2. The molecule has 0 atom stereocenters. The summed E-state index contributed by atoms with van der Waals surface area (Å²) in [5.74, 6) is -0.0796. The van der Waals surface area contributed by atoms with Crippen LogP contribution >= 0.6 is 23.1 Å². The first-order valence-electron chi connectivity index (χ1n) is 8.78. The summed E-state index contributed by atoms with van der Waals surface area (Å²) in [5.41, 5.74) is 2.75. The molecule has 0 unspecified atom stereocenters. The van der Waals surface area contributed by atoms with Gasteiger partial charge in [0.2, 0.25) is 0 Å². The van der Waals surface area contributed by atoms with E-state index >= 15 is 0 Å². The number of likely N-dealkylation sites (tertiary alicyclic amines) is 1. The second kappa shape index (κ2) is 8.83. The van der Waals surface area contributed by atoms with Gasteiger partial charge in [-0.05, 0) is 56.8 Å². The molecular weight excluding hydrogens is 350 g/mol. The third-order valence-corrected chi connectivity index (χ3v) is 6.08. The fraction of sp³-hybridized carbons (Fsp3) is 0.474. The van der Waals surface area contributed by atoms with Gasteiger partial charge in [-0.1, -0.05) is 18.9 Å². The van der Waals surface area contributed by atoms with Gasteiger partial charge in [0.1, 0.15) is 0 Å². The summed E-state index contributed by atoms with van der Waals surface area (Å²) in [4.78, 5) is 20.8. The first-order valence-corrected chi connectivity index (χ1v) is 10.9. The number of aryl methyl sites for hydroxylation is 1. The average molecular weight is 376 g/mol. The van der Waals surface area contributed by atoms with E-state index in [4.69, 9.17) is 0 Å². The van der Waals surface area contributed by atoms with Crippen molar-refractivity contribution in [2.45, 2.75) is 44.0 Å². The highest BCUT2D eigenvalue weighted by Gasteiger charge is 2.14. The molecule has 0 saturated carbocycles. The topological polar surface area (TPSA) is 45.2 Å². The van der Waals surface area contributed by atoms with Gasteiger partial charge in [-0.25, -0.2) is 4.98 Å². The zero-order valence-corrected chi connectivity index (χ0v) is 16.5. The highest BCUT2D eigenvalue weighted by Crippen LogP contribution is 2.22. The van der Waals surface area contributed by atoms with Crippen LogP contribution in [-0.2, 0) is 6.54 Å². The third kappa shape index (κ3) is 5.06. The van der Waals surface area contributed by atoms with Crippen molar-refractivity contribution in [2.24, 2.45) is 0 Å². The van der Waals surface area contributed by atoms with Crippen LogP contribution in [0.15, 0.2) is 28.5 Å². The van der Waals surface area contributed by atoms with Gasteiger partial charge < -0.3 is 0 Å². The molecule has 2 heterocycles. The number of hydrogen-bond donors (Lipinski definition) is 1. The van der Waals surface area contributed by atoms with E-state index in [2.05, 4.69) is 20.6 Å². The average Bonchev–Trinajstić information content (AvgIpc) is 2.88. The summed E-state index contributed by atoms with van der Waals surface area (Å²) in [6, 6.07) is 5.98. The number of thiazole rings is 1. The Labute approximate surface area is 158 Å². The summed E-state index contributed by atoms with van der Waals surface area (Å²) in [7, 11) is 0. The van der Waals surface area contributed by atoms with E-state index in [1.165, 1.54) is 37.0 Å². The molecule has 1 N–H and O–H groups in total. The van der Waals surface area contributed by atoms with Crippen LogP contribution in [0.25, 0.3) is 0 Å². The minimum absolute atomic E-state index is 0.0796.